The highest BCUT2D eigenvalue weighted by Crippen LogP contribution is 2.32. The minimum absolute atomic E-state index is 0.125. The third-order valence-corrected chi connectivity index (χ3v) is 2.62. The summed E-state index contributed by atoms with van der Waals surface area (Å²) < 4.78 is 11.1. The molecule has 5 nitrogen and oxygen atoms in total. The lowest BCUT2D eigenvalue weighted by atomic mass is 10.0. The first-order valence-electron chi connectivity index (χ1n) is 5.60. The lowest BCUT2D eigenvalue weighted by Gasteiger charge is -2.13. The van der Waals surface area contributed by atoms with Gasteiger partial charge in [-0.15, -0.1) is 0 Å². The summed E-state index contributed by atoms with van der Waals surface area (Å²) in [6.07, 6.45) is 0.983. The molecule has 0 saturated carbocycles. The normalized spacial score (nSPS) is 16.1. The number of hydrogen-bond acceptors (Lipinski definition) is 4. The maximum atomic E-state index is 10.8. The van der Waals surface area contributed by atoms with E-state index < -0.39 is 11.9 Å². The number of ether oxygens (including phenoxy) is 2. The lowest BCUT2D eigenvalue weighted by Crippen LogP contribution is -2.20. The maximum absolute atomic E-state index is 10.8. The Morgan fingerprint density at radius 3 is 2.71 bits per heavy atom. The van der Waals surface area contributed by atoms with E-state index in [0.29, 0.717) is 19.0 Å². The van der Waals surface area contributed by atoms with Crippen molar-refractivity contribution >= 4 is 5.91 Å². The van der Waals surface area contributed by atoms with Crippen molar-refractivity contribution in [1.82, 2.24) is 0 Å². The third-order valence-electron chi connectivity index (χ3n) is 2.62. The van der Waals surface area contributed by atoms with Crippen molar-refractivity contribution in [2.24, 2.45) is 11.5 Å². The van der Waals surface area contributed by atoms with Crippen molar-refractivity contribution in [3.8, 4) is 11.5 Å². The van der Waals surface area contributed by atoms with Gasteiger partial charge in [-0.1, -0.05) is 6.07 Å². The molecular weight excluding hydrogens is 220 g/mol. The van der Waals surface area contributed by atoms with Gasteiger partial charge < -0.3 is 20.9 Å². The van der Waals surface area contributed by atoms with Crippen LogP contribution in [0.2, 0.25) is 0 Å². The Balaban J connectivity index is 2.20. The number of amides is 1. The minimum atomic E-state index is -0.412. The zero-order valence-corrected chi connectivity index (χ0v) is 9.52. The second-order valence-corrected chi connectivity index (χ2v) is 4.03. The summed E-state index contributed by atoms with van der Waals surface area (Å²) in [5.41, 5.74) is 11.8. The number of benzene rings is 1. The highest BCUT2D eigenvalue weighted by atomic mass is 16.5. The minimum Gasteiger partial charge on any atom is -0.490 e. The zero-order valence-electron chi connectivity index (χ0n) is 9.52. The lowest BCUT2D eigenvalue weighted by molar-refractivity contribution is -0.118. The molecule has 0 aromatic heterocycles. The van der Waals surface area contributed by atoms with Gasteiger partial charge in [0.05, 0.1) is 13.2 Å². The second-order valence-electron chi connectivity index (χ2n) is 4.03. The molecule has 0 spiro atoms. The molecule has 0 unspecified atom stereocenters. The van der Waals surface area contributed by atoms with Gasteiger partial charge in [0.25, 0.3) is 0 Å². The Bertz CT molecular complexity index is 420. The molecule has 0 radical (unpaired) electrons. The molecule has 1 aliphatic rings. The van der Waals surface area contributed by atoms with Crippen LogP contribution in [0.4, 0.5) is 0 Å². The Morgan fingerprint density at radius 2 is 2.00 bits per heavy atom. The SMILES string of the molecule is NC(=O)C[C@@H](N)c1ccc2c(c1)OCCCO2. The highest BCUT2D eigenvalue weighted by molar-refractivity contribution is 5.74. The Morgan fingerprint density at radius 1 is 1.29 bits per heavy atom. The Kier molecular flexibility index (Phi) is 3.49. The topological polar surface area (TPSA) is 87.6 Å². The molecule has 92 valence electrons. The molecule has 1 heterocycles. The van der Waals surface area contributed by atoms with E-state index in [2.05, 4.69) is 0 Å². The predicted octanol–water partition coefficient (Wildman–Crippen LogP) is 0.723. The molecular formula is C12H16N2O3. The smallest absolute Gasteiger partial charge is 0.219 e. The number of rotatable bonds is 3. The summed E-state index contributed by atoms with van der Waals surface area (Å²) >= 11 is 0. The van der Waals surface area contributed by atoms with Gasteiger partial charge in [-0.3, -0.25) is 4.79 Å². The van der Waals surface area contributed by atoms with Crippen LogP contribution in [0.3, 0.4) is 0 Å². The van der Waals surface area contributed by atoms with Gasteiger partial charge in [0.1, 0.15) is 0 Å². The van der Waals surface area contributed by atoms with Crippen molar-refractivity contribution in [3.05, 3.63) is 23.8 Å². The fraction of sp³-hybridized carbons (Fsp3) is 0.417. The standard InChI is InChI=1S/C12H16N2O3/c13-9(7-12(14)15)8-2-3-10-11(6-8)17-5-1-4-16-10/h2-3,6,9H,1,4-5,7,13H2,(H2,14,15)/t9-/m1/s1. The van der Waals surface area contributed by atoms with Crippen molar-refractivity contribution in [2.75, 3.05) is 13.2 Å². The molecule has 0 saturated heterocycles. The summed E-state index contributed by atoms with van der Waals surface area (Å²) in [6.45, 7) is 1.28. The van der Waals surface area contributed by atoms with Crippen LogP contribution in [0, 0.1) is 0 Å². The molecule has 5 heteroatoms. The predicted molar refractivity (Wildman–Crippen MR) is 62.8 cm³/mol. The number of primary amides is 1. The maximum Gasteiger partial charge on any atom is 0.219 e. The third kappa shape index (κ3) is 2.88. The van der Waals surface area contributed by atoms with Crippen molar-refractivity contribution in [3.63, 3.8) is 0 Å². The number of hydrogen-bond donors (Lipinski definition) is 2. The van der Waals surface area contributed by atoms with E-state index in [1.54, 1.807) is 0 Å². The number of fused-ring (bicyclic) bond motifs is 1. The number of nitrogens with two attached hydrogens (primary N) is 2. The molecule has 17 heavy (non-hydrogen) atoms. The van der Waals surface area contributed by atoms with Crippen LogP contribution in [-0.4, -0.2) is 19.1 Å². The molecule has 1 amide bonds. The largest absolute Gasteiger partial charge is 0.490 e. The number of carbonyl (C=O) groups is 1. The first-order valence-corrected chi connectivity index (χ1v) is 5.60. The fourth-order valence-electron chi connectivity index (χ4n) is 1.75. The van der Waals surface area contributed by atoms with Gasteiger partial charge in [0, 0.05) is 18.9 Å². The summed E-state index contributed by atoms with van der Waals surface area (Å²) in [4.78, 5) is 10.8. The quantitative estimate of drug-likeness (QED) is 0.809. The van der Waals surface area contributed by atoms with Crippen LogP contribution < -0.4 is 20.9 Å². The van der Waals surface area contributed by atoms with E-state index in [9.17, 15) is 4.79 Å². The molecule has 0 aliphatic carbocycles. The average molecular weight is 236 g/mol. The monoisotopic (exact) mass is 236 g/mol. The average Bonchev–Trinajstić information content (AvgIpc) is 2.51. The molecule has 0 fully saturated rings. The molecule has 1 aromatic carbocycles. The van der Waals surface area contributed by atoms with Gasteiger partial charge in [-0.05, 0) is 17.7 Å². The highest BCUT2D eigenvalue weighted by Gasteiger charge is 2.15. The molecule has 1 atom stereocenters. The summed E-state index contributed by atoms with van der Waals surface area (Å²) in [6, 6.07) is 5.07. The van der Waals surface area contributed by atoms with Crippen LogP contribution in [0.25, 0.3) is 0 Å². The van der Waals surface area contributed by atoms with Gasteiger partial charge in [0.2, 0.25) is 5.91 Å². The zero-order chi connectivity index (χ0) is 12.3. The van der Waals surface area contributed by atoms with Crippen molar-refractivity contribution in [1.29, 1.82) is 0 Å². The van der Waals surface area contributed by atoms with Crippen LogP contribution in [0.15, 0.2) is 18.2 Å². The Hall–Kier alpha value is -1.75. The van der Waals surface area contributed by atoms with E-state index in [1.165, 1.54) is 0 Å². The van der Waals surface area contributed by atoms with Gasteiger partial charge in [-0.25, -0.2) is 0 Å². The van der Waals surface area contributed by atoms with Crippen LogP contribution >= 0.6 is 0 Å². The molecule has 1 aliphatic heterocycles. The second kappa shape index (κ2) is 5.05. The van der Waals surface area contributed by atoms with Crippen molar-refractivity contribution in [2.45, 2.75) is 18.9 Å². The van der Waals surface area contributed by atoms with Crippen molar-refractivity contribution < 1.29 is 14.3 Å². The van der Waals surface area contributed by atoms with Gasteiger partial charge >= 0.3 is 0 Å². The summed E-state index contributed by atoms with van der Waals surface area (Å²) in [7, 11) is 0. The summed E-state index contributed by atoms with van der Waals surface area (Å²) in [5.74, 6) is 0.988. The first kappa shape index (κ1) is 11.7. The Labute approximate surface area is 99.7 Å². The van der Waals surface area contributed by atoms with Crippen LogP contribution in [-0.2, 0) is 4.79 Å². The summed E-state index contributed by atoms with van der Waals surface area (Å²) in [5, 5.41) is 0. The van der Waals surface area contributed by atoms with Gasteiger partial charge in [0.15, 0.2) is 11.5 Å². The molecule has 2 rings (SSSR count). The molecule has 0 bridgehead atoms. The molecule has 4 N–H and O–H groups in total. The van der Waals surface area contributed by atoms with E-state index in [-0.39, 0.29) is 6.42 Å². The number of carbonyl (C=O) groups excluding carboxylic acids is 1. The van der Waals surface area contributed by atoms with Gasteiger partial charge in [-0.2, -0.15) is 0 Å². The van der Waals surface area contributed by atoms with E-state index in [4.69, 9.17) is 20.9 Å². The van der Waals surface area contributed by atoms with E-state index in [0.717, 1.165) is 17.7 Å². The van der Waals surface area contributed by atoms with Crippen LogP contribution in [0.5, 0.6) is 11.5 Å². The van der Waals surface area contributed by atoms with E-state index >= 15 is 0 Å². The van der Waals surface area contributed by atoms with Crippen LogP contribution in [0.1, 0.15) is 24.4 Å². The molecule has 1 aromatic rings. The first-order chi connectivity index (χ1) is 8.16. The van der Waals surface area contributed by atoms with E-state index in [1.807, 2.05) is 18.2 Å². The fourth-order valence-corrected chi connectivity index (χ4v) is 1.75.